The standard InChI is InChI=1S/C22H21NO3/c1-15-10-11-19(12-16(15)2)23-21(24)14-26-22(25)13-18-8-5-7-17-6-3-4-9-20(17)18/h3-12H,13-14H2,1-2H3,(H,23,24). The summed E-state index contributed by atoms with van der Waals surface area (Å²) < 4.78 is 5.13. The largest absolute Gasteiger partial charge is 0.455 e. The number of fused-ring (bicyclic) bond motifs is 1. The quantitative estimate of drug-likeness (QED) is 0.705. The minimum absolute atomic E-state index is 0.137. The molecule has 0 saturated heterocycles. The number of benzene rings is 3. The van der Waals surface area contributed by atoms with E-state index in [1.807, 2.05) is 74.5 Å². The van der Waals surface area contributed by atoms with Gasteiger partial charge in [0.05, 0.1) is 6.42 Å². The first-order valence-corrected chi connectivity index (χ1v) is 8.52. The van der Waals surface area contributed by atoms with Gasteiger partial charge in [-0.25, -0.2) is 0 Å². The first kappa shape index (κ1) is 17.7. The Kier molecular flexibility index (Phi) is 5.32. The molecule has 0 aromatic heterocycles. The molecule has 132 valence electrons. The van der Waals surface area contributed by atoms with Crippen molar-refractivity contribution in [1.29, 1.82) is 0 Å². The van der Waals surface area contributed by atoms with Crippen molar-refractivity contribution >= 4 is 28.3 Å². The van der Waals surface area contributed by atoms with Gasteiger partial charge in [-0.1, -0.05) is 48.5 Å². The van der Waals surface area contributed by atoms with E-state index >= 15 is 0 Å². The summed E-state index contributed by atoms with van der Waals surface area (Å²) in [4.78, 5) is 24.1. The van der Waals surface area contributed by atoms with Crippen LogP contribution in [0.4, 0.5) is 5.69 Å². The van der Waals surface area contributed by atoms with Gasteiger partial charge in [0.2, 0.25) is 0 Å². The topological polar surface area (TPSA) is 55.4 Å². The van der Waals surface area contributed by atoms with Gasteiger partial charge >= 0.3 is 5.97 Å². The fourth-order valence-corrected chi connectivity index (χ4v) is 2.82. The normalized spacial score (nSPS) is 10.5. The number of rotatable bonds is 5. The van der Waals surface area contributed by atoms with E-state index in [9.17, 15) is 9.59 Å². The van der Waals surface area contributed by atoms with Gasteiger partial charge in [-0.3, -0.25) is 9.59 Å². The molecule has 3 aromatic carbocycles. The predicted octanol–water partition coefficient (Wildman–Crippen LogP) is 4.18. The van der Waals surface area contributed by atoms with Crippen molar-refractivity contribution in [2.45, 2.75) is 20.3 Å². The summed E-state index contributed by atoms with van der Waals surface area (Å²) >= 11 is 0. The van der Waals surface area contributed by atoms with Gasteiger partial charge in [-0.2, -0.15) is 0 Å². The summed E-state index contributed by atoms with van der Waals surface area (Å²) in [6.07, 6.45) is 0.137. The lowest BCUT2D eigenvalue weighted by Crippen LogP contribution is -2.21. The zero-order chi connectivity index (χ0) is 18.5. The third kappa shape index (κ3) is 4.28. The molecule has 4 heteroatoms. The Morgan fingerprint density at radius 2 is 1.69 bits per heavy atom. The number of carbonyl (C=O) groups excluding carboxylic acids is 2. The lowest BCUT2D eigenvalue weighted by atomic mass is 10.0. The van der Waals surface area contributed by atoms with Gasteiger partial charge in [-0.15, -0.1) is 0 Å². The van der Waals surface area contributed by atoms with Crippen molar-refractivity contribution in [1.82, 2.24) is 0 Å². The Bertz CT molecular complexity index is 957. The van der Waals surface area contributed by atoms with Crippen LogP contribution < -0.4 is 5.32 Å². The number of amides is 1. The third-order valence-electron chi connectivity index (χ3n) is 4.37. The van der Waals surface area contributed by atoms with E-state index in [0.717, 1.165) is 27.5 Å². The van der Waals surface area contributed by atoms with E-state index in [1.165, 1.54) is 0 Å². The van der Waals surface area contributed by atoms with Crippen LogP contribution in [-0.2, 0) is 20.7 Å². The van der Waals surface area contributed by atoms with Crippen LogP contribution in [0, 0.1) is 13.8 Å². The molecule has 3 rings (SSSR count). The van der Waals surface area contributed by atoms with Gasteiger partial charge in [0.25, 0.3) is 5.91 Å². The monoisotopic (exact) mass is 347 g/mol. The molecule has 0 saturated carbocycles. The molecule has 0 fully saturated rings. The molecule has 1 N–H and O–H groups in total. The third-order valence-corrected chi connectivity index (χ3v) is 4.37. The molecule has 0 atom stereocenters. The SMILES string of the molecule is Cc1ccc(NC(=O)COC(=O)Cc2cccc3ccccc23)cc1C. The zero-order valence-corrected chi connectivity index (χ0v) is 14.9. The van der Waals surface area contributed by atoms with Gasteiger partial charge in [0.15, 0.2) is 6.61 Å². The highest BCUT2D eigenvalue weighted by Gasteiger charge is 2.11. The highest BCUT2D eigenvalue weighted by atomic mass is 16.5. The first-order valence-electron chi connectivity index (χ1n) is 8.52. The van der Waals surface area contributed by atoms with Gasteiger partial charge in [0.1, 0.15) is 0 Å². The van der Waals surface area contributed by atoms with E-state index < -0.39 is 5.97 Å². The second-order valence-electron chi connectivity index (χ2n) is 6.32. The minimum Gasteiger partial charge on any atom is -0.455 e. The summed E-state index contributed by atoms with van der Waals surface area (Å²) in [6.45, 7) is 3.70. The second-order valence-corrected chi connectivity index (χ2v) is 6.32. The lowest BCUT2D eigenvalue weighted by molar-refractivity contribution is -0.146. The number of hydrogen-bond acceptors (Lipinski definition) is 3. The van der Waals surface area contributed by atoms with Crippen LogP contribution in [0.15, 0.2) is 60.7 Å². The molecular weight excluding hydrogens is 326 g/mol. The summed E-state index contributed by atoms with van der Waals surface area (Å²) in [5.41, 5.74) is 3.84. The zero-order valence-electron chi connectivity index (χ0n) is 14.9. The molecular formula is C22H21NO3. The van der Waals surface area contributed by atoms with Crippen LogP contribution >= 0.6 is 0 Å². The van der Waals surface area contributed by atoms with Crippen molar-refractivity contribution in [3.63, 3.8) is 0 Å². The van der Waals surface area contributed by atoms with Crippen LogP contribution in [-0.4, -0.2) is 18.5 Å². The Morgan fingerprint density at radius 1 is 0.923 bits per heavy atom. The number of carbonyl (C=O) groups is 2. The summed E-state index contributed by atoms with van der Waals surface area (Å²) in [5, 5.41) is 4.84. The van der Waals surface area contributed by atoms with Crippen molar-refractivity contribution < 1.29 is 14.3 Å². The highest BCUT2D eigenvalue weighted by Crippen LogP contribution is 2.19. The van der Waals surface area contributed by atoms with Gasteiger partial charge in [-0.05, 0) is 53.4 Å². The second kappa shape index (κ2) is 7.83. The Balaban J connectivity index is 1.56. The molecule has 1 amide bonds. The van der Waals surface area contributed by atoms with Crippen LogP contribution in [0.1, 0.15) is 16.7 Å². The van der Waals surface area contributed by atoms with Crippen molar-refractivity contribution in [3.05, 3.63) is 77.4 Å². The van der Waals surface area contributed by atoms with Crippen molar-refractivity contribution in [3.8, 4) is 0 Å². The molecule has 0 aliphatic carbocycles. The number of anilines is 1. The van der Waals surface area contributed by atoms with Gasteiger partial charge in [0, 0.05) is 5.69 Å². The van der Waals surface area contributed by atoms with Crippen LogP contribution in [0.25, 0.3) is 10.8 Å². The molecule has 0 radical (unpaired) electrons. The van der Waals surface area contributed by atoms with Crippen LogP contribution in [0.2, 0.25) is 0 Å². The van der Waals surface area contributed by atoms with Crippen LogP contribution in [0.3, 0.4) is 0 Å². The Morgan fingerprint density at radius 3 is 2.50 bits per heavy atom. The molecule has 0 aliphatic heterocycles. The van der Waals surface area contributed by atoms with Crippen molar-refractivity contribution in [2.24, 2.45) is 0 Å². The highest BCUT2D eigenvalue weighted by molar-refractivity contribution is 5.93. The van der Waals surface area contributed by atoms with E-state index in [0.29, 0.717) is 5.69 Å². The fourth-order valence-electron chi connectivity index (χ4n) is 2.82. The summed E-state index contributed by atoms with van der Waals surface area (Å²) in [5.74, 6) is -0.767. The number of nitrogens with one attached hydrogen (secondary N) is 1. The maximum atomic E-state index is 12.1. The number of hydrogen-bond donors (Lipinski definition) is 1. The molecule has 0 spiro atoms. The van der Waals surface area contributed by atoms with E-state index in [-0.39, 0.29) is 18.9 Å². The molecule has 0 heterocycles. The molecule has 4 nitrogen and oxygen atoms in total. The number of ether oxygens (including phenoxy) is 1. The summed E-state index contributed by atoms with van der Waals surface area (Å²) in [7, 11) is 0. The molecule has 26 heavy (non-hydrogen) atoms. The average Bonchev–Trinajstić information content (AvgIpc) is 2.63. The minimum atomic E-state index is -0.420. The van der Waals surface area contributed by atoms with E-state index in [2.05, 4.69) is 5.32 Å². The summed E-state index contributed by atoms with van der Waals surface area (Å²) in [6, 6.07) is 19.4. The number of aryl methyl sites for hydroxylation is 2. The van der Waals surface area contributed by atoms with Gasteiger partial charge < -0.3 is 10.1 Å². The van der Waals surface area contributed by atoms with Crippen LogP contribution in [0.5, 0.6) is 0 Å². The fraction of sp³-hybridized carbons (Fsp3) is 0.182. The van der Waals surface area contributed by atoms with E-state index in [4.69, 9.17) is 4.74 Å². The molecule has 0 bridgehead atoms. The van der Waals surface area contributed by atoms with E-state index in [1.54, 1.807) is 0 Å². The molecule has 0 unspecified atom stereocenters. The maximum absolute atomic E-state index is 12.1. The maximum Gasteiger partial charge on any atom is 0.310 e. The molecule has 0 aliphatic rings. The Labute approximate surface area is 152 Å². The lowest BCUT2D eigenvalue weighted by Gasteiger charge is -2.09. The number of esters is 1. The average molecular weight is 347 g/mol. The smallest absolute Gasteiger partial charge is 0.310 e. The predicted molar refractivity (Wildman–Crippen MR) is 103 cm³/mol. The Hall–Kier alpha value is -3.14. The molecule has 3 aromatic rings. The van der Waals surface area contributed by atoms with Crippen molar-refractivity contribution in [2.75, 3.05) is 11.9 Å². The first-order chi connectivity index (χ1) is 12.5.